The number of carbonyl (C=O) groups is 2. The second-order valence-electron chi connectivity index (χ2n) is 8.58. The minimum absolute atomic E-state index is 0.0454. The van der Waals surface area contributed by atoms with Crippen LogP contribution in [0.1, 0.15) is 31.7 Å². The molecule has 0 aromatic carbocycles. The molecule has 0 saturated carbocycles. The lowest BCUT2D eigenvalue weighted by molar-refractivity contribution is -0.142. The molecule has 2 bridgehead atoms. The van der Waals surface area contributed by atoms with Crippen molar-refractivity contribution in [2.24, 2.45) is 17.8 Å². The summed E-state index contributed by atoms with van der Waals surface area (Å²) in [5, 5.41) is 7.10. The lowest BCUT2D eigenvalue weighted by atomic mass is 9.76. The molecule has 2 saturated heterocycles. The van der Waals surface area contributed by atoms with E-state index in [0.29, 0.717) is 19.0 Å². The molecule has 2 fully saturated rings. The van der Waals surface area contributed by atoms with Crippen molar-refractivity contribution in [2.45, 2.75) is 45.4 Å². The number of aromatic amines is 1. The highest BCUT2D eigenvalue weighted by atomic mass is 16.5. The number of rotatable bonds is 6. The summed E-state index contributed by atoms with van der Waals surface area (Å²) < 4.78 is 6.19. The van der Waals surface area contributed by atoms with Crippen LogP contribution in [0.2, 0.25) is 0 Å². The molecule has 0 radical (unpaired) electrons. The molecule has 1 N–H and O–H groups in total. The first-order valence-electron chi connectivity index (χ1n) is 9.72. The fourth-order valence-corrected chi connectivity index (χ4v) is 4.59. The Balaban J connectivity index is 1.51. The van der Waals surface area contributed by atoms with Crippen molar-refractivity contribution >= 4 is 11.8 Å². The Kier molecular flexibility index (Phi) is 4.37. The van der Waals surface area contributed by atoms with E-state index < -0.39 is 17.4 Å². The van der Waals surface area contributed by atoms with Gasteiger partial charge in [-0.1, -0.05) is 26.0 Å². The summed E-state index contributed by atoms with van der Waals surface area (Å²) in [6.07, 6.45) is 4.63. The van der Waals surface area contributed by atoms with Gasteiger partial charge in [0.05, 0.1) is 36.7 Å². The van der Waals surface area contributed by atoms with Gasteiger partial charge in [-0.25, -0.2) is 0 Å². The number of nitrogens with one attached hydrogen (secondary N) is 1. The van der Waals surface area contributed by atoms with Crippen molar-refractivity contribution in [2.75, 3.05) is 20.1 Å². The van der Waals surface area contributed by atoms with Crippen LogP contribution in [0.4, 0.5) is 0 Å². The smallest absolute Gasteiger partial charge is 0.230 e. The van der Waals surface area contributed by atoms with E-state index in [9.17, 15) is 9.59 Å². The van der Waals surface area contributed by atoms with Gasteiger partial charge in [0.1, 0.15) is 5.60 Å². The molecule has 146 valence electrons. The predicted molar refractivity (Wildman–Crippen MR) is 99.6 cm³/mol. The minimum Gasteiger partial charge on any atom is -0.360 e. The number of fused-ring (bicyclic) bond motifs is 1. The number of carbonyl (C=O) groups excluding carboxylic acids is 2. The van der Waals surface area contributed by atoms with Crippen LogP contribution < -0.4 is 0 Å². The largest absolute Gasteiger partial charge is 0.360 e. The van der Waals surface area contributed by atoms with Crippen molar-refractivity contribution in [1.82, 2.24) is 20.0 Å². The summed E-state index contributed by atoms with van der Waals surface area (Å²) in [4.78, 5) is 29.9. The van der Waals surface area contributed by atoms with Crippen LogP contribution in [0.5, 0.6) is 0 Å². The number of ether oxygens (including phenoxy) is 1. The first-order valence-corrected chi connectivity index (χ1v) is 9.72. The lowest BCUT2D eigenvalue weighted by Gasteiger charge is -2.27. The zero-order valence-corrected chi connectivity index (χ0v) is 16.4. The average molecular weight is 372 g/mol. The summed E-state index contributed by atoms with van der Waals surface area (Å²) in [5.74, 6) is -0.308. The van der Waals surface area contributed by atoms with Gasteiger partial charge in [-0.05, 0) is 25.3 Å². The van der Waals surface area contributed by atoms with Gasteiger partial charge >= 0.3 is 0 Å². The van der Waals surface area contributed by atoms with Crippen LogP contribution in [0.25, 0.3) is 0 Å². The standard InChI is InChI=1S/C20H28N4O3/c1-12(2)6-8-24-11-20-7-5-15(27-20)16(17(20)19(24)26)18(25)23(4)10-14-9-13(3)21-22-14/h5,7,9,12,15-17H,6,8,10-11H2,1-4H3,(H,21,22)/t15-,16-,17-,20-/m0/s1. The third kappa shape index (κ3) is 2.98. The maximum absolute atomic E-state index is 13.2. The summed E-state index contributed by atoms with van der Waals surface area (Å²) >= 11 is 0. The number of hydrogen-bond acceptors (Lipinski definition) is 4. The number of hydrogen-bond donors (Lipinski definition) is 1. The number of aromatic nitrogens is 2. The van der Waals surface area contributed by atoms with Gasteiger partial charge in [0, 0.05) is 19.3 Å². The maximum Gasteiger partial charge on any atom is 0.230 e. The van der Waals surface area contributed by atoms with E-state index in [1.54, 1.807) is 11.9 Å². The van der Waals surface area contributed by atoms with Crippen molar-refractivity contribution in [3.8, 4) is 0 Å². The normalized spacial score (nSPS) is 31.2. The monoisotopic (exact) mass is 372 g/mol. The van der Waals surface area contributed by atoms with Gasteiger partial charge in [-0.15, -0.1) is 0 Å². The molecule has 4 rings (SSSR count). The van der Waals surface area contributed by atoms with Crippen LogP contribution >= 0.6 is 0 Å². The molecule has 1 spiro atoms. The molecular formula is C20H28N4O3. The van der Waals surface area contributed by atoms with E-state index in [0.717, 1.165) is 24.4 Å². The Morgan fingerprint density at radius 2 is 2.30 bits per heavy atom. The molecule has 1 aromatic rings. The Bertz CT molecular complexity index is 786. The highest BCUT2D eigenvalue weighted by Crippen LogP contribution is 2.52. The third-order valence-electron chi connectivity index (χ3n) is 5.97. The average Bonchev–Trinajstić information content (AvgIpc) is 3.34. The Morgan fingerprint density at radius 1 is 1.52 bits per heavy atom. The van der Waals surface area contributed by atoms with Gasteiger partial charge in [-0.3, -0.25) is 14.7 Å². The molecule has 27 heavy (non-hydrogen) atoms. The van der Waals surface area contributed by atoms with E-state index in [2.05, 4.69) is 24.0 Å². The van der Waals surface area contributed by atoms with Crippen LogP contribution in [-0.4, -0.2) is 63.7 Å². The molecule has 1 aromatic heterocycles. The molecule has 4 heterocycles. The van der Waals surface area contributed by atoms with E-state index in [1.807, 2.05) is 30.0 Å². The van der Waals surface area contributed by atoms with Gasteiger partial charge in [0.15, 0.2) is 0 Å². The van der Waals surface area contributed by atoms with Gasteiger partial charge in [0.25, 0.3) is 0 Å². The molecule has 3 aliphatic rings. The summed E-state index contributed by atoms with van der Waals surface area (Å²) in [5.41, 5.74) is 1.15. The fourth-order valence-electron chi connectivity index (χ4n) is 4.59. The molecule has 4 atom stereocenters. The Hall–Kier alpha value is -2.15. The quantitative estimate of drug-likeness (QED) is 0.768. The molecule has 0 unspecified atom stereocenters. The predicted octanol–water partition coefficient (Wildman–Crippen LogP) is 1.50. The number of aryl methyl sites for hydroxylation is 1. The van der Waals surface area contributed by atoms with E-state index >= 15 is 0 Å². The van der Waals surface area contributed by atoms with E-state index in [4.69, 9.17) is 4.74 Å². The molecule has 3 aliphatic heterocycles. The molecule has 2 amide bonds. The number of amides is 2. The number of H-pyrrole nitrogens is 1. The van der Waals surface area contributed by atoms with Crippen molar-refractivity contribution in [3.63, 3.8) is 0 Å². The third-order valence-corrected chi connectivity index (χ3v) is 5.97. The van der Waals surface area contributed by atoms with E-state index in [-0.39, 0.29) is 17.9 Å². The first-order chi connectivity index (χ1) is 12.8. The number of likely N-dealkylation sites (tertiary alicyclic amines) is 1. The topological polar surface area (TPSA) is 78.5 Å². The molecule has 0 aliphatic carbocycles. The highest BCUT2D eigenvalue weighted by Gasteiger charge is 2.66. The highest BCUT2D eigenvalue weighted by molar-refractivity contribution is 5.93. The second kappa shape index (κ2) is 6.48. The molecular weight excluding hydrogens is 344 g/mol. The summed E-state index contributed by atoms with van der Waals surface area (Å²) in [6.45, 7) is 7.93. The first kappa shape index (κ1) is 18.2. The number of nitrogens with zero attached hydrogens (tertiary/aromatic N) is 3. The summed E-state index contributed by atoms with van der Waals surface area (Å²) in [6, 6.07) is 1.93. The van der Waals surface area contributed by atoms with Crippen molar-refractivity contribution < 1.29 is 14.3 Å². The lowest BCUT2D eigenvalue weighted by Crippen LogP contribution is -2.44. The van der Waals surface area contributed by atoms with Gasteiger partial charge < -0.3 is 14.5 Å². The Labute approximate surface area is 159 Å². The summed E-state index contributed by atoms with van der Waals surface area (Å²) in [7, 11) is 1.77. The molecule has 7 nitrogen and oxygen atoms in total. The van der Waals surface area contributed by atoms with E-state index in [1.165, 1.54) is 0 Å². The van der Waals surface area contributed by atoms with Crippen molar-refractivity contribution in [3.05, 3.63) is 29.6 Å². The zero-order valence-electron chi connectivity index (χ0n) is 16.4. The van der Waals surface area contributed by atoms with Crippen LogP contribution in [0.15, 0.2) is 18.2 Å². The molecule has 7 heteroatoms. The van der Waals surface area contributed by atoms with Crippen LogP contribution in [0, 0.1) is 24.7 Å². The second-order valence-corrected chi connectivity index (χ2v) is 8.58. The van der Waals surface area contributed by atoms with Crippen LogP contribution in [0.3, 0.4) is 0 Å². The maximum atomic E-state index is 13.2. The minimum atomic E-state index is -0.622. The SMILES string of the molecule is Cc1cc(CN(C)C(=O)[C@H]2[C@@H]3C=C[C@@]4(CN(CCC(C)C)C(=O)[C@H]24)O3)n[nH]1. The van der Waals surface area contributed by atoms with Crippen LogP contribution in [-0.2, 0) is 20.9 Å². The van der Waals surface area contributed by atoms with Crippen molar-refractivity contribution in [1.29, 1.82) is 0 Å². The van der Waals surface area contributed by atoms with Gasteiger partial charge in [0.2, 0.25) is 11.8 Å². The Morgan fingerprint density at radius 3 is 2.96 bits per heavy atom. The zero-order chi connectivity index (χ0) is 19.3. The fraction of sp³-hybridized carbons (Fsp3) is 0.650. The van der Waals surface area contributed by atoms with Gasteiger partial charge in [-0.2, -0.15) is 5.10 Å².